The lowest BCUT2D eigenvalue weighted by Gasteiger charge is -2.07. The minimum Gasteiger partial charge on any atom is -0.494 e. The van der Waals surface area contributed by atoms with Gasteiger partial charge < -0.3 is 9.26 Å². The van der Waals surface area contributed by atoms with E-state index in [-0.39, 0.29) is 5.91 Å². The van der Waals surface area contributed by atoms with E-state index in [1.807, 2.05) is 55.5 Å². The van der Waals surface area contributed by atoms with Crippen LogP contribution in [0.3, 0.4) is 0 Å². The molecule has 3 rings (SSSR count). The van der Waals surface area contributed by atoms with E-state index in [0.717, 1.165) is 42.6 Å². The number of hydroxylamine groups is 1. The second-order valence-corrected chi connectivity index (χ2v) is 6.86. The third-order valence-corrected chi connectivity index (χ3v) is 4.51. The first-order valence-corrected chi connectivity index (χ1v) is 9.72. The standard InChI is InChI=1S/C22H25N3O4/c1-16-10-12-17(13-11-16)21-23-22(29-25-21)18-7-6-8-19(15-18)28-14-5-3-2-4-9-20(26)24-27/h6-8,10-13,15,27H,2-5,9,14H2,1H3,(H,24,26). The van der Waals surface area contributed by atoms with Crippen molar-refractivity contribution in [3.05, 3.63) is 54.1 Å². The Morgan fingerprint density at radius 2 is 1.86 bits per heavy atom. The number of unbranched alkanes of at least 4 members (excludes halogenated alkanes) is 3. The van der Waals surface area contributed by atoms with Crippen LogP contribution >= 0.6 is 0 Å². The Balaban J connectivity index is 1.50. The van der Waals surface area contributed by atoms with Crippen LogP contribution in [0.4, 0.5) is 0 Å². The highest BCUT2D eigenvalue weighted by atomic mass is 16.5. The molecule has 0 radical (unpaired) electrons. The summed E-state index contributed by atoms with van der Waals surface area (Å²) in [5.74, 6) is 1.41. The molecule has 0 saturated heterocycles. The summed E-state index contributed by atoms with van der Waals surface area (Å²) in [6.45, 7) is 2.63. The first-order valence-electron chi connectivity index (χ1n) is 9.72. The molecule has 0 aliphatic rings. The molecule has 2 N–H and O–H groups in total. The van der Waals surface area contributed by atoms with Crippen LogP contribution in [-0.2, 0) is 4.79 Å². The predicted octanol–water partition coefficient (Wildman–Crippen LogP) is 4.55. The lowest BCUT2D eigenvalue weighted by atomic mass is 10.1. The van der Waals surface area contributed by atoms with Gasteiger partial charge >= 0.3 is 0 Å². The van der Waals surface area contributed by atoms with Gasteiger partial charge in [-0.15, -0.1) is 0 Å². The van der Waals surface area contributed by atoms with E-state index in [4.69, 9.17) is 14.5 Å². The van der Waals surface area contributed by atoms with Crippen molar-refractivity contribution in [3.8, 4) is 28.6 Å². The van der Waals surface area contributed by atoms with Gasteiger partial charge in [-0.05, 0) is 38.0 Å². The van der Waals surface area contributed by atoms with Gasteiger partial charge in [0.05, 0.1) is 6.61 Å². The number of nitrogens with zero attached hydrogens (tertiary/aromatic N) is 2. The van der Waals surface area contributed by atoms with E-state index in [1.165, 1.54) is 5.56 Å². The zero-order chi connectivity index (χ0) is 20.5. The zero-order valence-corrected chi connectivity index (χ0v) is 16.4. The summed E-state index contributed by atoms with van der Waals surface area (Å²) in [5.41, 5.74) is 4.54. The molecule has 152 valence electrons. The average molecular weight is 395 g/mol. The first kappa shape index (κ1) is 20.5. The Kier molecular flexibility index (Phi) is 7.35. The molecule has 0 spiro atoms. The fourth-order valence-electron chi connectivity index (χ4n) is 2.87. The van der Waals surface area contributed by atoms with Crippen molar-refractivity contribution in [2.24, 2.45) is 0 Å². The Morgan fingerprint density at radius 1 is 1.07 bits per heavy atom. The molecule has 0 unspecified atom stereocenters. The lowest BCUT2D eigenvalue weighted by molar-refractivity contribution is -0.129. The van der Waals surface area contributed by atoms with Gasteiger partial charge in [0.2, 0.25) is 11.7 Å². The topological polar surface area (TPSA) is 97.5 Å². The van der Waals surface area contributed by atoms with Crippen LogP contribution in [0.5, 0.6) is 5.75 Å². The number of carbonyl (C=O) groups is 1. The number of hydrogen-bond acceptors (Lipinski definition) is 6. The predicted molar refractivity (Wildman–Crippen MR) is 108 cm³/mol. The van der Waals surface area contributed by atoms with Crippen molar-refractivity contribution in [1.82, 2.24) is 15.6 Å². The maximum atomic E-state index is 10.9. The number of aromatic nitrogens is 2. The van der Waals surface area contributed by atoms with Crippen molar-refractivity contribution in [2.75, 3.05) is 6.61 Å². The molecule has 29 heavy (non-hydrogen) atoms. The van der Waals surface area contributed by atoms with Crippen LogP contribution in [0.25, 0.3) is 22.8 Å². The van der Waals surface area contributed by atoms with E-state index in [1.54, 1.807) is 5.48 Å². The molecule has 0 fully saturated rings. The maximum absolute atomic E-state index is 10.9. The third kappa shape index (κ3) is 6.15. The second kappa shape index (κ2) is 10.4. The third-order valence-electron chi connectivity index (χ3n) is 4.51. The van der Waals surface area contributed by atoms with Crippen molar-refractivity contribution >= 4 is 5.91 Å². The van der Waals surface area contributed by atoms with E-state index >= 15 is 0 Å². The average Bonchev–Trinajstić information content (AvgIpc) is 3.24. The number of amides is 1. The monoisotopic (exact) mass is 395 g/mol. The Morgan fingerprint density at radius 3 is 2.66 bits per heavy atom. The minimum atomic E-state index is -0.343. The van der Waals surface area contributed by atoms with Gasteiger partial charge in [0.1, 0.15) is 5.75 Å². The summed E-state index contributed by atoms with van der Waals surface area (Å²) in [4.78, 5) is 15.4. The van der Waals surface area contributed by atoms with E-state index in [9.17, 15) is 4.79 Å². The molecular weight excluding hydrogens is 370 g/mol. The molecular formula is C22H25N3O4. The summed E-state index contributed by atoms with van der Waals surface area (Å²) in [6, 6.07) is 15.6. The van der Waals surface area contributed by atoms with Crippen LogP contribution in [0, 0.1) is 6.92 Å². The van der Waals surface area contributed by atoms with Gasteiger partial charge in [-0.3, -0.25) is 10.0 Å². The van der Waals surface area contributed by atoms with Crippen molar-refractivity contribution < 1.29 is 19.3 Å². The minimum absolute atomic E-state index is 0.341. The number of hydrogen-bond donors (Lipinski definition) is 2. The Labute approximate surface area is 169 Å². The molecule has 2 aromatic carbocycles. The molecule has 0 aliphatic heterocycles. The quantitative estimate of drug-likeness (QED) is 0.297. The number of nitrogens with one attached hydrogen (secondary N) is 1. The van der Waals surface area contributed by atoms with Gasteiger partial charge in [0, 0.05) is 17.5 Å². The Bertz CT molecular complexity index is 922. The first-order chi connectivity index (χ1) is 14.2. The maximum Gasteiger partial charge on any atom is 0.258 e. The van der Waals surface area contributed by atoms with Crippen LogP contribution in [-0.4, -0.2) is 27.9 Å². The summed E-state index contributed by atoms with van der Waals surface area (Å²) in [6.07, 6.45) is 3.86. The van der Waals surface area contributed by atoms with E-state index < -0.39 is 0 Å². The zero-order valence-electron chi connectivity index (χ0n) is 16.4. The second-order valence-electron chi connectivity index (χ2n) is 6.86. The van der Waals surface area contributed by atoms with Gasteiger partial charge in [-0.25, -0.2) is 5.48 Å². The van der Waals surface area contributed by atoms with E-state index in [0.29, 0.717) is 24.7 Å². The SMILES string of the molecule is Cc1ccc(-c2noc(-c3cccc(OCCCCCCC(=O)NO)c3)n2)cc1. The molecule has 1 heterocycles. The Hall–Kier alpha value is -3.19. The number of ether oxygens (including phenoxy) is 1. The summed E-state index contributed by atoms with van der Waals surface area (Å²) < 4.78 is 11.2. The fraction of sp³-hybridized carbons (Fsp3) is 0.318. The molecule has 0 aliphatic carbocycles. The fourth-order valence-corrected chi connectivity index (χ4v) is 2.87. The normalized spacial score (nSPS) is 10.7. The van der Waals surface area contributed by atoms with Gasteiger partial charge in [0.15, 0.2) is 0 Å². The highest BCUT2D eigenvalue weighted by Gasteiger charge is 2.11. The number of aryl methyl sites for hydroxylation is 1. The van der Waals surface area contributed by atoms with Crippen molar-refractivity contribution in [1.29, 1.82) is 0 Å². The summed E-state index contributed by atoms with van der Waals surface area (Å²) in [5, 5.41) is 12.5. The van der Waals surface area contributed by atoms with Gasteiger partial charge in [-0.1, -0.05) is 53.9 Å². The van der Waals surface area contributed by atoms with Crippen LogP contribution in [0.1, 0.15) is 37.7 Å². The molecule has 0 bridgehead atoms. The number of rotatable bonds is 10. The molecule has 7 nitrogen and oxygen atoms in total. The number of benzene rings is 2. The van der Waals surface area contributed by atoms with Gasteiger partial charge in [0.25, 0.3) is 5.89 Å². The molecule has 1 aromatic heterocycles. The van der Waals surface area contributed by atoms with E-state index in [2.05, 4.69) is 10.1 Å². The molecule has 0 atom stereocenters. The number of carbonyl (C=O) groups excluding carboxylic acids is 1. The highest BCUT2D eigenvalue weighted by molar-refractivity contribution is 5.74. The molecule has 7 heteroatoms. The molecule has 1 amide bonds. The largest absolute Gasteiger partial charge is 0.494 e. The lowest BCUT2D eigenvalue weighted by Crippen LogP contribution is -2.17. The van der Waals surface area contributed by atoms with Gasteiger partial charge in [-0.2, -0.15) is 4.98 Å². The molecule has 3 aromatic rings. The van der Waals surface area contributed by atoms with Crippen LogP contribution in [0.15, 0.2) is 53.1 Å². The smallest absolute Gasteiger partial charge is 0.258 e. The van der Waals surface area contributed by atoms with Crippen molar-refractivity contribution in [3.63, 3.8) is 0 Å². The van der Waals surface area contributed by atoms with Crippen LogP contribution < -0.4 is 10.2 Å². The summed E-state index contributed by atoms with van der Waals surface area (Å²) >= 11 is 0. The van der Waals surface area contributed by atoms with Crippen LogP contribution in [0.2, 0.25) is 0 Å². The summed E-state index contributed by atoms with van der Waals surface area (Å²) in [7, 11) is 0. The van der Waals surface area contributed by atoms with Crippen molar-refractivity contribution in [2.45, 2.75) is 39.0 Å². The molecule has 0 saturated carbocycles. The highest BCUT2D eigenvalue weighted by Crippen LogP contribution is 2.25.